The summed E-state index contributed by atoms with van der Waals surface area (Å²) in [5, 5.41) is 0. The number of nitrogens with two attached hydrogens (primary N) is 1. The van der Waals surface area contributed by atoms with Crippen LogP contribution in [0.4, 0.5) is 11.4 Å². The Labute approximate surface area is 135 Å². The third-order valence-corrected chi connectivity index (χ3v) is 3.74. The number of anilines is 2. The Kier molecular flexibility index (Phi) is 4.37. The molecule has 0 saturated heterocycles. The van der Waals surface area contributed by atoms with Crippen LogP contribution in [-0.4, -0.2) is 25.7 Å². The SMILES string of the molecule is Cc1ccc(OCCCN2C(=O)COc3ccc(N)cc32)cc1. The summed E-state index contributed by atoms with van der Waals surface area (Å²) in [4.78, 5) is 13.8. The van der Waals surface area contributed by atoms with Gasteiger partial charge < -0.3 is 20.1 Å². The van der Waals surface area contributed by atoms with Crippen molar-refractivity contribution in [2.75, 3.05) is 30.4 Å². The zero-order valence-electron chi connectivity index (χ0n) is 13.1. The monoisotopic (exact) mass is 312 g/mol. The van der Waals surface area contributed by atoms with Crippen LogP contribution >= 0.6 is 0 Å². The Balaban J connectivity index is 1.58. The molecule has 0 aromatic heterocycles. The maximum atomic E-state index is 12.1. The molecule has 1 heterocycles. The number of carbonyl (C=O) groups is 1. The van der Waals surface area contributed by atoms with Crippen LogP contribution < -0.4 is 20.1 Å². The van der Waals surface area contributed by atoms with Crippen LogP contribution in [0.1, 0.15) is 12.0 Å². The van der Waals surface area contributed by atoms with E-state index in [0.29, 0.717) is 24.6 Å². The van der Waals surface area contributed by atoms with E-state index in [9.17, 15) is 4.79 Å². The van der Waals surface area contributed by atoms with E-state index >= 15 is 0 Å². The summed E-state index contributed by atoms with van der Waals surface area (Å²) in [5.41, 5.74) is 8.36. The maximum Gasteiger partial charge on any atom is 0.265 e. The van der Waals surface area contributed by atoms with Gasteiger partial charge in [0.1, 0.15) is 11.5 Å². The van der Waals surface area contributed by atoms with E-state index in [-0.39, 0.29) is 12.5 Å². The predicted octanol–water partition coefficient (Wildman–Crippen LogP) is 2.77. The van der Waals surface area contributed by atoms with Gasteiger partial charge in [-0.05, 0) is 43.7 Å². The second kappa shape index (κ2) is 6.60. The molecule has 0 saturated carbocycles. The topological polar surface area (TPSA) is 64.8 Å². The molecule has 0 atom stereocenters. The molecule has 1 amide bonds. The summed E-state index contributed by atoms with van der Waals surface area (Å²) in [7, 11) is 0. The summed E-state index contributed by atoms with van der Waals surface area (Å²) < 4.78 is 11.1. The summed E-state index contributed by atoms with van der Waals surface area (Å²) >= 11 is 0. The average Bonchev–Trinajstić information content (AvgIpc) is 2.55. The van der Waals surface area contributed by atoms with Gasteiger partial charge in [0.2, 0.25) is 0 Å². The molecule has 5 nitrogen and oxygen atoms in total. The fraction of sp³-hybridized carbons (Fsp3) is 0.278. The average molecular weight is 312 g/mol. The number of fused-ring (bicyclic) bond motifs is 1. The lowest BCUT2D eigenvalue weighted by Crippen LogP contribution is -2.39. The number of aryl methyl sites for hydroxylation is 1. The molecule has 1 aliphatic rings. The molecule has 0 fully saturated rings. The van der Waals surface area contributed by atoms with E-state index in [2.05, 4.69) is 0 Å². The van der Waals surface area contributed by atoms with Gasteiger partial charge in [-0.25, -0.2) is 0 Å². The molecule has 2 N–H and O–H groups in total. The molecule has 0 radical (unpaired) electrons. The van der Waals surface area contributed by atoms with Crippen molar-refractivity contribution in [3.63, 3.8) is 0 Å². The molecular formula is C18H20N2O3. The van der Waals surface area contributed by atoms with Crippen LogP contribution in [-0.2, 0) is 4.79 Å². The Morgan fingerprint density at radius 3 is 2.78 bits per heavy atom. The first-order valence-corrected chi connectivity index (χ1v) is 7.65. The quantitative estimate of drug-likeness (QED) is 0.681. The fourth-order valence-electron chi connectivity index (χ4n) is 2.51. The molecule has 23 heavy (non-hydrogen) atoms. The number of nitrogen functional groups attached to an aromatic ring is 1. The van der Waals surface area contributed by atoms with E-state index in [1.165, 1.54) is 5.56 Å². The zero-order chi connectivity index (χ0) is 16.2. The van der Waals surface area contributed by atoms with Crippen LogP contribution in [0.25, 0.3) is 0 Å². The first-order chi connectivity index (χ1) is 11.1. The van der Waals surface area contributed by atoms with Crippen molar-refractivity contribution in [3.8, 4) is 11.5 Å². The highest BCUT2D eigenvalue weighted by molar-refractivity contribution is 5.98. The van der Waals surface area contributed by atoms with Gasteiger partial charge in [-0.1, -0.05) is 17.7 Å². The second-order valence-corrected chi connectivity index (χ2v) is 5.58. The van der Waals surface area contributed by atoms with E-state index in [4.69, 9.17) is 15.2 Å². The number of rotatable bonds is 5. The molecule has 0 bridgehead atoms. The molecule has 2 aromatic carbocycles. The van der Waals surface area contributed by atoms with Crippen molar-refractivity contribution in [1.82, 2.24) is 0 Å². The van der Waals surface area contributed by atoms with Gasteiger partial charge in [-0.3, -0.25) is 4.79 Å². The van der Waals surface area contributed by atoms with Gasteiger partial charge in [-0.2, -0.15) is 0 Å². The number of carbonyl (C=O) groups excluding carboxylic acids is 1. The Bertz CT molecular complexity index is 698. The number of hydrogen-bond donors (Lipinski definition) is 1. The van der Waals surface area contributed by atoms with Crippen LogP contribution in [0, 0.1) is 6.92 Å². The van der Waals surface area contributed by atoms with E-state index in [1.807, 2.05) is 31.2 Å². The van der Waals surface area contributed by atoms with Crippen molar-refractivity contribution < 1.29 is 14.3 Å². The van der Waals surface area contributed by atoms with Crippen LogP contribution in [0.3, 0.4) is 0 Å². The predicted molar refractivity (Wildman–Crippen MR) is 90.0 cm³/mol. The minimum atomic E-state index is -0.0570. The van der Waals surface area contributed by atoms with Gasteiger partial charge >= 0.3 is 0 Å². The van der Waals surface area contributed by atoms with Gasteiger partial charge in [-0.15, -0.1) is 0 Å². The highest BCUT2D eigenvalue weighted by atomic mass is 16.5. The van der Waals surface area contributed by atoms with Crippen LogP contribution in [0.2, 0.25) is 0 Å². The van der Waals surface area contributed by atoms with Gasteiger partial charge in [0.25, 0.3) is 5.91 Å². The molecule has 0 unspecified atom stereocenters. The maximum absolute atomic E-state index is 12.1. The van der Waals surface area contributed by atoms with Gasteiger partial charge in [0.05, 0.1) is 12.3 Å². The summed E-state index contributed by atoms with van der Waals surface area (Å²) in [6.45, 7) is 3.22. The third kappa shape index (κ3) is 3.56. The number of ether oxygens (including phenoxy) is 2. The molecule has 2 aromatic rings. The number of benzene rings is 2. The van der Waals surface area contributed by atoms with Gasteiger partial charge in [0.15, 0.2) is 6.61 Å². The van der Waals surface area contributed by atoms with E-state index in [0.717, 1.165) is 17.9 Å². The Morgan fingerprint density at radius 2 is 2.00 bits per heavy atom. The largest absolute Gasteiger partial charge is 0.494 e. The molecule has 120 valence electrons. The number of nitrogens with zero attached hydrogens (tertiary/aromatic N) is 1. The zero-order valence-corrected chi connectivity index (χ0v) is 13.1. The summed E-state index contributed by atoms with van der Waals surface area (Å²) in [6.07, 6.45) is 0.730. The molecule has 3 rings (SSSR count). The summed E-state index contributed by atoms with van der Waals surface area (Å²) in [6, 6.07) is 13.3. The number of hydrogen-bond acceptors (Lipinski definition) is 4. The first kappa shape index (κ1) is 15.2. The fourth-order valence-corrected chi connectivity index (χ4v) is 2.51. The lowest BCUT2D eigenvalue weighted by molar-refractivity contribution is -0.121. The summed E-state index contributed by atoms with van der Waals surface area (Å²) in [5.74, 6) is 1.48. The minimum absolute atomic E-state index is 0.0570. The smallest absolute Gasteiger partial charge is 0.265 e. The van der Waals surface area contributed by atoms with Crippen molar-refractivity contribution in [1.29, 1.82) is 0 Å². The highest BCUT2D eigenvalue weighted by Crippen LogP contribution is 2.33. The van der Waals surface area contributed by atoms with Crippen LogP contribution in [0.5, 0.6) is 11.5 Å². The lowest BCUT2D eigenvalue weighted by atomic mass is 10.2. The third-order valence-electron chi connectivity index (χ3n) is 3.74. The molecule has 0 spiro atoms. The minimum Gasteiger partial charge on any atom is -0.494 e. The highest BCUT2D eigenvalue weighted by Gasteiger charge is 2.25. The molecule has 0 aliphatic carbocycles. The van der Waals surface area contributed by atoms with Crippen molar-refractivity contribution in [2.45, 2.75) is 13.3 Å². The molecular weight excluding hydrogens is 292 g/mol. The van der Waals surface area contributed by atoms with Crippen molar-refractivity contribution in [2.24, 2.45) is 0 Å². The Morgan fingerprint density at radius 1 is 1.22 bits per heavy atom. The normalized spacial score (nSPS) is 13.4. The van der Waals surface area contributed by atoms with Crippen molar-refractivity contribution >= 4 is 17.3 Å². The van der Waals surface area contributed by atoms with E-state index in [1.54, 1.807) is 23.1 Å². The first-order valence-electron chi connectivity index (χ1n) is 7.65. The van der Waals surface area contributed by atoms with Crippen LogP contribution in [0.15, 0.2) is 42.5 Å². The Hall–Kier alpha value is -2.69. The van der Waals surface area contributed by atoms with E-state index < -0.39 is 0 Å². The van der Waals surface area contributed by atoms with Crippen molar-refractivity contribution in [3.05, 3.63) is 48.0 Å². The lowest BCUT2D eigenvalue weighted by Gasteiger charge is -2.29. The standard InChI is InChI=1S/C18H20N2O3/c1-13-3-6-15(7-4-13)22-10-2-9-20-16-11-14(19)5-8-17(16)23-12-18(20)21/h3-8,11H,2,9-10,12,19H2,1H3. The number of amides is 1. The second-order valence-electron chi connectivity index (χ2n) is 5.58. The van der Waals surface area contributed by atoms with Gasteiger partial charge in [0, 0.05) is 12.2 Å². The molecule has 1 aliphatic heterocycles. The molecule has 5 heteroatoms.